The first-order valence-corrected chi connectivity index (χ1v) is 5.01. The van der Waals surface area contributed by atoms with E-state index in [1.165, 1.54) is 0 Å². The predicted molar refractivity (Wildman–Crippen MR) is 56.0 cm³/mol. The van der Waals surface area contributed by atoms with Crippen LogP contribution in [0.25, 0.3) is 0 Å². The van der Waals surface area contributed by atoms with E-state index in [0.29, 0.717) is 19.1 Å². The topological polar surface area (TPSA) is 35.5 Å². The summed E-state index contributed by atoms with van der Waals surface area (Å²) in [5, 5.41) is 0. The van der Waals surface area contributed by atoms with E-state index in [0.717, 1.165) is 6.42 Å². The zero-order chi connectivity index (χ0) is 10.8. The fraction of sp³-hybridized carbons (Fsp3) is 0.727. The van der Waals surface area contributed by atoms with Crippen LogP contribution in [0.2, 0.25) is 0 Å². The van der Waals surface area contributed by atoms with Crippen molar-refractivity contribution >= 4 is 5.97 Å². The van der Waals surface area contributed by atoms with Crippen LogP contribution >= 0.6 is 0 Å². The Balaban J connectivity index is 3.27. The molecule has 3 nitrogen and oxygen atoms in total. The van der Waals surface area contributed by atoms with Crippen molar-refractivity contribution < 1.29 is 14.3 Å². The number of allylic oxidation sites excluding steroid dienone is 1. The minimum absolute atomic E-state index is 0.0598. The minimum Gasteiger partial charge on any atom is -0.460 e. The highest BCUT2D eigenvalue weighted by atomic mass is 16.6. The molecule has 82 valence electrons. The standard InChI is InChI=1S/C11H20O3/c1-4-5-7-14-11(12)9-13-8-6-10(2)3/h4-5,10H,6-9H2,1-3H3. The van der Waals surface area contributed by atoms with Gasteiger partial charge in [-0.05, 0) is 19.3 Å². The number of carbonyl (C=O) groups is 1. The molecule has 0 bridgehead atoms. The van der Waals surface area contributed by atoms with Crippen molar-refractivity contribution in [3.8, 4) is 0 Å². The molecular formula is C11H20O3. The van der Waals surface area contributed by atoms with Gasteiger partial charge in [-0.25, -0.2) is 4.79 Å². The van der Waals surface area contributed by atoms with E-state index < -0.39 is 0 Å². The molecule has 0 fully saturated rings. The Kier molecular flexibility index (Phi) is 8.24. The molecule has 0 aromatic rings. The van der Waals surface area contributed by atoms with Gasteiger partial charge in [-0.3, -0.25) is 0 Å². The summed E-state index contributed by atoms with van der Waals surface area (Å²) in [6.07, 6.45) is 4.60. The first-order valence-electron chi connectivity index (χ1n) is 5.01. The van der Waals surface area contributed by atoms with E-state index in [2.05, 4.69) is 13.8 Å². The molecule has 0 radical (unpaired) electrons. The Labute approximate surface area is 86.1 Å². The summed E-state index contributed by atoms with van der Waals surface area (Å²) >= 11 is 0. The van der Waals surface area contributed by atoms with E-state index in [-0.39, 0.29) is 12.6 Å². The molecule has 0 amide bonds. The summed E-state index contributed by atoms with van der Waals surface area (Å²) in [6.45, 7) is 7.14. The van der Waals surface area contributed by atoms with Crippen LogP contribution in [0.5, 0.6) is 0 Å². The second-order valence-corrected chi connectivity index (χ2v) is 3.49. The monoisotopic (exact) mass is 200 g/mol. The maximum Gasteiger partial charge on any atom is 0.332 e. The van der Waals surface area contributed by atoms with Gasteiger partial charge < -0.3 is 9.47 Å². The van der Waals surface area contributed by atoms with Crippen LogP contribution in [0.1, 0.15) is 27.2 Å². The van der Waals surface area contributed by atoms with Crippen LogP contribution in [0.15, 0.2) is 12.2 Å². The number of hydrogen-bond donors (Lipinski definition) is 0. The molecule has 0 saturated carbocycles. The molecule has 0 aliphatic heterocycles. The van der Waals surface area contributed by atoms with Gasteiger partial charge in [0.05, 0.1) is 0 Å². The zero-order valence-electron chi connectivity index (χ0n) is 9.29. The third-order valence-electron chi connectivity index (χ3n) is 1.64. The van der Waals surface area contributed by atoms with Gasteiger partial charge in [-0.15, -0.1) is 0 Å². The van der Waals surface area contributed by atoms with Crippen molar-refractivity contribution in [3.63, 3.8) is 0 Å². The minimum atomic E-state index is -0.299. The summed E-state index contributed by atoms with van der Waals surface area (Å²) in [6, 6.07) is 0. The summed E-state index contributed by atoms with van der Waals surface area (Å²) < 4.78 is 9.98. The lowest BCUT2D eigenvalue weighted by atomic mass is 10.1. The SMILES string of the molecule is CC=CCOC(=O)COCCC(C)C. The van der Waals surface area contributed by atoms with Crippen molar-refractivity contribution in [2.45, 2.75) is 27.2 Å². The third kappa shape index (κ3) is 9.26. The molecule has 0 atom stereocenters. The quantitative estimate of drug-likeness (QED) is 0.359. The zero-order valence-corrected chi connectivity index (χ0v) is 9.29. The Hall–Kier alpha value is -0.830. The largest absolute Gasteiger partial charge is 0.460 e. The highest BCUT2D eigenvalue weighted by Gasteiger charge is 2.01. The maximum absolute atomic E-state index is 11.0. The van der Waals surface area contributed by atoms with Crippen molar-refractivity contribution in [2.24, 2.45) is 5.92 Å². The van der Waals surface area contributed by atoms with E-state index >= 15 is 0 Å². The van der Waals surface area contributed by atoms with E-state index in [1.807, 2.05) is 13.0 Å². The Morgan fingerprint density at radius 1 is 1.43 bits per heavy atom. The maximum atomic E-state index is 11.0. The molecule has 0 aliphatic rings. The van der Waals surface area contributed by atoms with Crippen LogP contribution in [-0.4, -0.2) is 25.8 Å². The molecule has 0 rings (SSSR count). The highest BCUT2D eigenvalue weighted by molar-refractivity contribution is 5.70. The van der Waals surface area contributed by atoms with Crippen LogP contribution in [0.3, 0.4) is 0 Å². The van der Waals surface area contributed by atoms with Gasteiger partial charge in [0, 0.05) is 6.61 Å². The fourth-order valence-corrected chi connectivity index (χ4v) is 0.753. The summed E-state index contributed by atoms with van der Waals surface area (Å²) in [5.74, 6) is 0.306. The molecule has 0 aliphatic carbocycles. The first-order chi connectivity index (χ1) is 6.66. The molecule has 0 aromatic carbocycles. The Morgan fingerprint density at radius 3 is 2.71 bits per heavy atom. The summed E-state index contributed by atoms with van der Waals surface area (Å²) in [5.41, 5.74) is 0. The molecule has 0 unspecified atom stereocenters. The smallest absolute Gasteiger partial charge is 0.332 e. The normalized spacial score (nSPS) is 11.1. The molecule has 0 heterocycles. The number of carbonyl (C=O) groups excluding carboxylic acids is 1. The fourth-order valence-electron chi connectivity index (χ4n) is 0.753. The van der Waals surface area contributed by atoms with Crippen molar-refractivity contribution in [1.82, 2.24) is 0 Å². The number of esters is 1. The highest BCUT2D eigenvalue weighted by Crippen LogP contribution is 1.98. The van der Waals surface area contributed by atoms with Crippen LogP contribution in [0, 0.1) is 5.92 Å². The average molecular weight is 200 g/mol. The molecule has 14 heavy (non-hydrogen) atoms. The molecule has 0 saturated heterocycles. The lowest BCUT2D eigenvalue weighted by Crippen LogP contribution is -2.13. The van der Waals surface area contributed by atoms with Crippen LogP contribution in [-0.2, 0) is 14.3 Å². The van der Waals surface area contributed by atoms with E-state index in [4.69, 9.17) is 9.47 Å². The second kappa shape index (κ2) is 8.75. The van der Waals surface area contributed by atoms with Gasteiger partial charge in [0.2, 0.25) is 0 Å². The van der Waals surface area contributed by atoms with Crippen LogP contribution < -0.4 is 0 Å². The average Bonchev–Trinajstić information content (AvgIpc) is 2.13. The Morgan fingerprint density at radius 2 is 2.14 bits per heavy atom. The Bertz CT molecular complexity index is 173. The molecular weight excluding hydrogens is 180 g/mol. The molecule has 3 heteroatoms. The summed E-state index contributed by atoms with van der Waals surface area (Å²) in [7, 11) is 0. The second-order valence-electron chi connectivity index (χ2n) is 3.49. The lowest BCUT2D eigenvalue weighted by Gasteiger charge is -2.05. The van der Waals surface area contributed by atoms with Crippen LogP contribution in [0.4, 0.5) is 0 Å². The van der Waals surface area contributed by atoms with Gasteiger partial charge >= 0.3 is 5.97 Å². The number of ether oxygens (including phenoxy) is 2. The number of hydrogen-bond acceptors (Lipinski definition) is 3. The van der Waals surface area contributed by atoms with Gasteiger partial charge in [0.25, 0.3) is 0 Å². The van der Waals surface area contributed by atoms with Crippen molar-refractivity contribution in [1.29, 1.82) is 0 Å². The van der Waals surface area contributed by atoms with Gasteiger partial charge in [0.15, 0.2) is 0 Å². The number of rotatable bonds is 7. The molecule has 0 spiro atoms. The molecule has 0 N–H and O–H groups in total. The summed E-state index contributed by atoms with van der Waals surface area (Å²) in [4.78, 5) is 11.0. The van der Waals surface area contributed by atoms with Crippen molar-refractivity contribution in [3.05, 3.63) is 12.2 Å². The third-order valence-corrected chi connectivity index (χ3v) is 1.64. The van der Waals surface area contributed by atoms with E-state index in [1.54, 1.807) is 6.08 Å². The predicted octanol–water partition coefficient (Wildman–Crippen LogP) is 2.17. The first kappa shape index (κ1) is 13.2. The van der Waals surface area contributed by atoms with Gasteiger partial charge in [0.1, 0.15) is 13.2 Å². The van der Waals surface area contributed by atoms with Gasteiger partial charge in [-0.2, -0.15) is 0 Å². The molecule has 0 aromatic heterocycles. The van der Waals surface area contributed by atoms with Gasteiger partial charge in [-0.1, -0.05) is 26.0 Å². The lowest BCUT2D eigenvalue weighted by molar-refractivity contribution is -0.147. The van der Waals surface area contributed by atoms with E-state index in [9.17, 15) is 4.79 Å². The van der Waals surface area contributed by atoms with Crippen molar-refractivity contribution in [2.75, 3.05) is 19.8 Å².